The minimum Gasteiger partial charge on any atom is -0.378 e. The van der Waals surface area contributed by atoms with Crippen LogP contribution < -0.4 is 11.1 Å². The van der Waals surface area contributed by atoms with E-state index in [1.165, 1.54) is 17.1 Å². The van der Waals surface area contributed by atoms with Crippen LogP contribution in [-0.4, -0.2) is 68.7 Å². The number of nitrogens with zero attached hydrogens (tertiary/aromatic N) is 1. The quantitative estimate of drug-likeness (QED) is 0.387. The van der Waals surface area contributed by atoms with Gasteiger partial charge >= 0.3 is 0 Å². The molecule has 146 valence electrons. The lowest BCUT2D eigenvalue weighted by molar-refractivity contribution is -0.138. The SMILES string of the molecule is NCCOCCOCCNC(=O)C1CCC(CN2C(=O)C=CC2=O)CC1. The number of ether oxygens (including phenoxy) is 2. The standard InChI is InChI=1S/C18H29N3O5/c19-7-9-25-11-12-26-10-8-20-18(24)15-3-1-14(2-4-15)13-21-16(22)5-6-17(21)23/h5-6,14-15H,1-4,7-13,19H2,(H,20,24). The molecule has 2 rings (SSSR count). The van der Waals surface area contributed by atoms with E-state index in [9.17, 15) is 14.4 Å². The summed E-state index contributed by atoms with van der Waals surface area (Å²) in [7, 11) is 0. The Hall–Kier alpha value is -1.77. The highest BCUT2D eigenvalue weighted by molar-refractivity contribution is 6.12. The van der Waals surface area contributed by atoms with Gasteiger partial charge in [0.2, 0.25) is 5.91 Å². The van der Waals surface area contributed by atoms with Crippen LogP contribution in [0.15, 0.2) is 12.2 Å². The second-order valence-corrected chi connectivity index (χ2v) is 6.64. The van der Waals surface area contributed by atoms with Crippen LogP contribution in [0.5, 0.6) is 0 Å². The van der Waals surface area contributed by atoms with Crippen molar-refractivity contribution in [2.75, 3.05) is 46.1 Å². The van der Waals surface area contributed by atoms with E-state index >= 15 is 0 Å². The predicted molar refractivity (Wildman–Crippen MR) is 95.0 cm³/mol. The van der Waals surface area contributed by atoms with Crippen LogP contribution in [0.3, 0.4) is 0 Å². The number of amides is 3. The number of imide groups is 1. The molecule has 3 amide bonds. The molecule has 26 heavy (non-hydrogen) atoms. The lowest BCUT2D eigenvalue weighted by Gasteiger charge is -2.30. The molecule has 0 aromatic carbocycles. The molecule has 1 fully saturated rings. The highest BCUT2D eigenvalue weighted by Gasteiger charge is 2.31. The lowest BCUT2D eigenvalue weighted by Crippen LogP contribution is -2.39. The molecule has 1 heterocycles. The maximum Gasteiger partial charge on any atom is 0.253 e. The first-order chi connectivity index (χ1) is 12.6. The van der Waals surface area contributed by atoms with Crippen LogP contribution in [0.25, 0.3) is 0 Å². The van der Waals surface area contributed by atoms with Crippen LogP contribution >= 0.6 is 0 Å². The van der Waals surface area contributed by atoms with Crippen LogP contribution in [0.1, 0.15) is 25.7 Å². The Balaban J connectivity index is 1.54. The Morgan fingerprint density at radius 3 is 2.27 bits per heavy atom. The summed E-state index contributed by atoms with van der Waals surface area (Å²) in [5, 5.41) is 2.90. The van der Waals surface area contributed by atoms with Crippen molar-refractivity contribution in [1.29, 1.82) is 0 Å². The molecule has 1 aliphatic heterocycles. The van der Waals surface area contributed by atoms with Gasteiger partial charge < -0.3 is 20.5 Å². The van der Waals surface area contributed by atoms with Crippen molar-refractivity contribution in [2.24, 2.45) is 17.6 Å². The van der Waals surface area contributed by atoms with E-state index in [1.54, 1.807) is 0 Å². The van der Waals surface area contributed by atoms with Gasteiger partial charge in [-0.1, -0.05) is 0 Å². The predicted octanol–water partition coefficient (Wildman–Crippen LogP) is -0.174. The van der Waals surface area contributed by atoms with E-state index in [0.29, 0.717) is 46.1 Å². The van der Waals surface area contributed by atoms with Gasteiger partial charge in [-0.2, -0.15) is 0 Å². The Morgan fingerprint density at radius 2 is 1.65 bits per heavy atom. The van der Waals surface area contributed by atoms with E-state index in [1.807, 2.05) is 0 Å². The maximum atomic E-state index is 12.2. The topological polar surface area (TPSA) is 111 Å². The van der Waals surface area contributed by atoms with Crippen LogP contribution in [-0.2, 0) is 23.9 Å². The first-order valence-electron chi connectivity index (χ1n) is 9.28. The largest absolute Gasteiger partial charge is 0.378 e. The monoisotopic (exact) mass is 367 g/mol. The summed E-state index contributed by atoms with van der Waals surface area (Å²) >= 11 is 0. The van der Waals surface area contributed by atoms with E-state index in [2.05, 4.69) is 5.32 Å². The average Bonchev–Trinajstić information content (AvgIpc) is 2.96. The van der Waals surface area contributed by atoms with Crippen molar-refractivity contribution in [2.45, 2.75) is 25.7 Å². The first-order valence-corrected chi connectivity index (χ1v) is 9.28. The van der Waals surface area contributed by atoms with Gasteiger partial charge in [0.25, 0.3) is 11.8 Å². The van der Waals surface area contributed by atoms with E-state index < -0.39 is 0 Å². The smallest absolute Gasteiger partial charge is 0.253 e. The van der Waals surface area contributed by atoms with Gasteiger partial charge in [-0.25, -0.2) is 0 Å². The molecular formula is C18H29N3O5. The number of rotatable bonds is 11. The molecule has 0 aromatic heterocycles. The molecule has 0 bridgehead atoms. The summed E-state index contributed by atoms with van der Waals surface area (Å²) in [5.41, 5.74) is 5.31. The molecule has 2 aliphatic rings. The fraction of sp³-hybridized carbons (Fsp3) is 0.722. The highest BCUT2D eigenvalue weighted by Crippen LogP contribution is 2.30. The number of nitrogens with one attached hydrogen (secondary N) is 1. The number of carbonyl (C=O) groups excluding carboxylic acids is 3. The summed E-state index contributed by atoms with van der Waals surface area (Å²) in [6, 6.07) is 0. The van der Waals surface area contributed by atoms with Crippen molar-refractivity contribution in [1.82, 2.24) is 10.2 Å². The number of carbonyl (C=O) groups is 3. The van der Waals surface area contributed by atoms with E-state index in [-0.39, 0.29) is 29.6 Å². The van der Waals surface area contributed by atoms with Crippen molar-refractivity contribution in [3.05, 3.63) is 12.2 Å². The second-order valence-electron chi connectivity index (χ2n) is 6.64. The summed E-state index contributed by atoms with van der Waals surface area (Å²) in [6.07, 6.45) is 5.90. The van der Waals surface area contributed by atoms with Gasteiger partial charge in [0, 0.05) is 37.7 Å². The van der Waals surface area contributed by atoms with Crippen molar-refractivity contribution in [3.63, 3.8) is 0 Å². The third-order valence-electron chi connectivity index (χ3n) is 4.74. The fourth-order valence-electron chi connectivity index (χ4n) is 3.27. The highest BCUT2D eigenvalue weighted by atomic mass is 16.5. The Bertz CT molecular complexity index is 497. The van der Waals surface area contributed by atoms with Gasteiger partial charge in [-0.3, -0.25) is 19.3 Å². The van der Waals surface area contributed by atoms with Gasteiger partial charge in [-0.05, 0) is 31.6 Å². The Morgan fingerprint density at radius 1 is 1.04 bits per heavy atom. The minimum absolute atomic E-state index is 0.00208. The van der Waals surface area contributed by atoms with Crippen LogP contribution in [0.4, 0.5) is 0 Å². The lowest BCUT2D eigenvalue weighted by atomic mass is 9.81. The van der Waals surface area contributed by atoms with Crippen molar-refractivity contribution < 1.29 is 23.9 Å². The maximum absolute atomic E-state index is 12.2. The second kappa shape index (κ2) is 11.1. The van der Waals surface area contributed by atoms with E-state index in [4.69, 9.17) is 15.2 Å². The van der Waals surface area contributed by atoms with Gasteiger partial charge in [0.1, 0.15) is 0 Å². The zero-order valence-electron chi connectivity index (χ0n) is 15.2. The van der Waals surface area contributed by atoms with E-state index in [0.717, 1.165) is 25.7 Å². The minimum atomic E-state index is -0.233. The first kappa shape index (κ1) is 20.5. The van der Waals surface area contributed by atoms with Gasteiger partial charge in [-0.15, -0.1) is 0 Å². The molecule has 1 saturated carbocycles. The van der Waals surface area contributed by atoms with Gasteiger partial charge in [0.15, 0.2) is 0 Å². The molecule has 0 atom stereocenters. The third-order valence-corrected chi connectivity index (χ3v) is 4.74. The molecule has 0 unspecified atom stereocenters. The molecule has 8 heteroatoms. The number of hydrogen-bond acceptors (Lipinski definition) is 6. The number of hydrogen-bond donors (Lipinski definition) is 2. The molecule has 8 nitrogen and oxygen atoms in total. The van der Waals surface area contributed by atoms with Crippen LogP contribution in [0.2, 0.25) is 0 Å². The fourth-order valence-corrected chi connectivity index (χ4v) is 3.27. The van der Waals surface area contributed by atoms with Crippen LogP contribution in [0, 0.1) is 11.8 Å². The molecule has 3 N–H and O–H groups in total. The number of nitrogens with two attached hydrogens (primary N) is 1. The molecule has 0 spiro atoms. The molecule has 1 aliphatic carbocycles. The molecular weight excluding hydrogens is 338 g/mol. The molecule has 0 aromatic rings. The zero-order chi connectivity index (χ0) is 18.8. The summed E-state index contributed by atoms with van der Waals surface area (Å²) < 4.78 is 10.6. The Kier molecular flexibility index (Phi) is 8.73. The third kappa shape index (κ3) is 6.51. The summed E-state index contributed by atoms with van der Waals surface area (Å²) in [5.74, 6) is -0.126. The molecule has 0 saturated heterocycles. The van der Waals surface area contributed by atoms with Crippen molar-refractivity contribution in [3.8, 4) is 0 Å². The molecule has 0 radical (unpaired) electrons. The summed E-state index contributed by atoms with van der Waals surface area (Å²) in [4.78, 5) is 36.7. The van der Waals surface area contributed by atoms with Gasteiger partial charge in [0.05, 0.1) is 26.4 Å². The van der Waals surface area contributed by atoms with Crippen molar-refractivity contribution >= 4 is 17.7 Å². The average molecular weight is 367 g/mol. The Labute approximate surface area is 154 Å². The normalized spacial score (nSPS) is 22.9. The summed E-state index contributed by atoms with van der Waals surface area (Å²) in [6.45, 7) is 3.42. The zero-order valence-corrected chi connectivity index (χ0v) is 15.2.